The van der Waals surface area contributed by atoms with Gasteiger partial charge in [0.2, 0.25) is 5.91 Å². The third-order valence-corrected chi connectivity index (χ3v) is 1.97. The van der Waals surface area contributed by atoms with E-state index >= 15 is 0 Å². The van der Waals surface area contributed by atoms with Crippen molar-refractivity contribution in [1.29, 1.82) is 0 Å². The molecule has 0 radical (unpaired) electrons. The first kappa shape index (κ1) is 11.2. The summed E-state index contributed by atoms with van der Waals surface area (Å²) in [6.45, 7) is 2.07. The maximum atomic E-state index is 10.6. The number of rotatable bonds is 5. The van der Waals surface area contributed by atoms with Crippen molar-refractivity contribution in [3.63, 3.8) is 0 Å². The van der Waals surface area contributed by atoms with Crippen molar-refractivity contribution in [2.24, 2.45) is 5.73 Å². The topological polar surface area (TPSA) is 92.9 Å². The normalized spacial score (nSPS) is 9.73. The number of nitrogens with one attached hydrogen (secondary N) is 2. The van der Waals surface area contributed by atoms with Crippen LogP contribution in [0.15, 0.2) is 6.33 Å². The van der Waals surface area contributed by atoms with Gasteiger partial charge in [-0.3, -0.25) is 4.79 Å². The maximum absolute atomic E-state index is 10.6. The SMILES string of the molecule is CCc1c(NC)ncnc1NCC(N)=O. The number of hydrogen-bond acceptors (Lipinski definition) is 5. The summed E-state index contributed by atoms with van der Waals surface area (Å²) in [4.78, 5) is 18.8. The summed E-state index contributed by atoms with van der Waals surface area (Å²) in [6, 6.07) is 0. The lowest BCUT2D eigenvalue weighted by Crippen LogP contribution is -2.23. The highest BCUT2D eigenvalue weighted by atomic mass is 16.1. The molecule has 1 rings (SSSR count). The lowest BCUT2D eigenvalue weighted by molar-refractivity contribution is -0.116. The number of anilines is 2. The van der Waals surface area contributed by atoms with E-state index in [0.29, 0.717) is 5.82 Å². The minimum Gasteiger partial charge on any atom is -0.373 e. The number of carbonyl (C=O) groups is 1. The van der Waals surface area contributed by atoms with E-state index < -0.39 is 5.91 Å². The molecule has 6 heteroatoms. The van der Waals surface area contributed by atoms with Crippen LogP contribution in [0.25, 0.3) is 0 Å². The van der Waals surface area contributed by atoms with Gasteiger partial charge in [0.25, 0.3) is 0 Å². The number of aromatic nitrogens is 2. The second kappa shape index (κ2) is 5.14. The zero-order chi connectivity index (χ0) is 11.3. The third-order valence-electron chi connectivity index (χ3n) is 1.97. The van der Waals surface area contributed by atoms with E-state index in [4.69, 9.17) is 5.73 Å². The molecule has 0 unspecified atom stereocenters. The first-order valence-electron chi connectivity index (χ1n) is 4.72. The highest BCUT2D eigenvalue weighted by Gasteiger charge is 2.08. The highest BCUT2D eigenvalue weighted by molar-refractivity contribution is 5.79. The Kier molecular flexibility index (Phi) is 3.84. The lowest BCUT2D eigenvalue weighted by atomic mass is 10.2. The molecule has 1 aromatic heterocycles. The Morgan fingerprint density at radius 1 is 1.47 bits per heavy atom. The fraction of sp³-hybridized carbons (Fsp3) is 0.444. The molecule has 82 valence electrons. The predicted octanol–water partition coefficient (Wildman–Crippen LogP) is -0.0221. The summed E-state index contributed by atoms with van der Waals surface area (Å²) in [5.41, 5.74) is 5.99. The van der Waals surface area contributed by atoms with Gasteiger partial charge in [0, 0.05) is 12.6 Å². The van der Waals surface area contributed by atoms with E-state index in [1.54, 1.807) is 7.05 Å². The Hall–Kier alpha value is -1.85. The lowest BCUT2D eigenvalue weighted by Gasteiger charge is -2.11. The Balaban J connectivity index is 2.90. The van der Waals surface area contributed by atoms with Crippen LogP contribution in [0.2, 0.25) is 0 Å². The molecule has 0 aliphatic carbocycles. The van der Waals surface area contributed by atoms with Gasteiger partial charge in [0.05, 0.1) is 6.54 Å². The Morgan fingerprint density at radius 3 is 2.67 bits per heavy atom. The van der Waals surface area contributed by atoms with E-state index in [0.717, 1.165) is 17.8 Å². The van der Waals surface area contributed by atoms with Gasteiger partial charge in [0.1, 0.15) is 18.0 Å². The average Bonchev–Trinajstić information content (AvgIpc) is 2.25. The molecule has 0 aliphatic rings. The van der Waals surface area contributed by atoms with Gasteiger partial charge in [-0.05, 0) is 6.42 Å². The van der Waals surface area contributed by atoms with Crippen LogP contribution in [0, 0.1) is 0 Å². The van der Waals surface area contributed by atoms with Crippen LogP contribution in [0.1, 0.15) is 12.5 Å². The molecule has 0 saturated carbocycles. The van der Waals surface area contributed by atoms with Crippen LogP contribution in [-0.4, -0.2) is 29.5 Å². The largest absolute Gasteiger partial charge is 0.373 e. The fourth-order valence-electron chi connectivity index (χ4n) is 1.29. The number of primary amides is 1. The molecule has 0 atom stereocenters. The first-order chi connectivity index (χ1) is 7.19. The smallest absolute Gasteiger partial charge is 0.236 e. The minimum absolute atomic E-state index is 0.0766. The Morgan fingerprint density at radius 2 is 2.13 bits per heavy atom. The zero-order valence-corrected chi connectivity index (χ0v) is 8.87. The van der Waals surface area contributed by atoms with E-state index in [9.17, 15) is 4.79 Å². The molecule has 0 aliphatic heterocycles. The van der Waals surface area contributed by atoms with Crippen molar-refractivity contribution in [3.05, 3.63) is 11.9 Å². The van der Waals surface area contributed by atoms with Crippen molar-refractivity contribution in [2.75, 3.05) is 24.2 Å². The number of amides is 1. The Bertz CT molecular complexity index is 352. The third kappa shape index (κ3) is 2.80. The van der Waals surface area contributed by atoms with Gasteiger partial charge < -0.3 is 16.4 Å². The summed E-state index contributed by atoms with van der Waals surface area (Å²) in [5.74, 6) is 0.997. The van der Waals surface area contributed by atoms with Gasteiger partial charge in [-0.25, -0.2) is 9.97 Å². The average molecular weight is 209 g/mol. The molecule has 0 saturated heterocycles. The van der Waals surface area contributed by atoms with Crippen molar-refractivity contribution in [1.82, 2.24) is 9.97 Å². The molecular formula is C9H15N5O. The van der Waals surface area contributed by atoms with Crippen molar-refractivity contribution >= 4 is 17.5 Å². The van der Waals surface area contributed by atoms with Crippen LogP contribution >= 0.6 is 0 Å². The monoisotopic (exact) mass is 209 g/mol. The number of hydrogen-bond donors (Lipinski definition) is 3. The zero-order valence-electron chi connectivity index (χ0n) is 8.87. The van der Waals surface area contributed by atoms with E-state index in [1.807, 2.05) is 6.92 Å². The standard InChI is InChI=1S/C9H15N5O/c1-3-6-8(11-2)13-5-14-9(6)12-4-7(10)15/h5H,3-4H2,1-2H3,(H2,10,15)(H2,11,12,13,14). The number of carbonyl (C=O) groups excluding carboxylic acids is 1. The van der Waals surface area contributed by atoms with E-state index in [1.165, 1.54) is 6.33 Å². The fourth-order valence-corrected chi connectivity index (χ4v) is 1.29. The molecule has 6 nitrogen and oxygen atoms in total. The highest BCUT2D eigenvalue weighted by Crippen LogP contribution is 2.19. The van der Waals surface area contributed by atoms with Crippen LogP contribution in [0.4, 0.5) is 11.6 Å². The molecule has 0 aromatic carbocycles. The van der Waals surface area contributed by atoms with Crippen molar-refractivity contribution in [2.45, 2.75) is 13.3 Å². The minimum atomic E-state index is -0.415. The molecule has 1 amide bonds. The predicted molar refractivity (Wildman–Crippen MR) is 58.6 cm³/mol. The van der Waals surface area contributed by atoms with Crippen LogP contribution < -0.4 is 16.4 Å². The summed E-state index contributed by atoms with van der Waals surface area (Å²) >= 11 is 0. The van der Waals surface area contributed by atoms with Crippen molar-refractivity contribution in [3.8, 4) is 0 Å². The molecular weight excluding hydrogens is 194 g/mol. The summed E-state index contributed by atoms with van der Waals surface area (Å²) in [6.07, 6.45) is 2.21. The summed E-state index contributed by atoms with van der Waals surface area (Å²) < 4.78 is 0. The van der Waals surface area contributed by atoms with Crippen molar-refractivity contribution < 1.29 is 4.79 Å². The first-order valence-corrected chi connectivity index (χ1v) is 4.72. The van der Waals surface area contributed by atoms with Crippen LogP contribution in [-0.2, 0) is 11.2 Å². The molecule has 4 N–H and O–H groups in total. The second-order valence-corrected chi connectivity index (χ2v) is 2.97. The van der Waals surface area contributed by atoms with Crippen LogP contribution in [0.5, 0.6) is 0 Å². The van der Waals surface area contributed by atoms with Gasteiger partial charge in [-0.2, -0.15) is 0 Å². The van der Waals surface area contributed by atoms with Gasteiger partial charge in [-0.1, -0.05) is 6.92 Å². The van der Waals surface area contributed by atoms with E-state index in [2.05, 4.69) is 20.6 Å². The molecule has 0 bridgehead atoms. The van der Waals surface area contributed by atoms with Gasteiger partial charge in [-0.15, -0.1) is 0 Å². The molecule has 15 heavy (non-hydrogen) atoms. The number of nitrogens with two attached hydrogens (primary N) is 1. The summed E-state index contributed by atoms with van der Waals surface area (Å²) in [5, 5.41) is 5.84. The molecule has 0 spiro atoms. The molecule has 0 fully saturated rings. The molecule has 1 heterocycles. The number of nitrogens with zero attached hydrogens (tertiary/aromatic N) is 2. The van der Waals surface area contributed by atoms with Gasteiger partial charge in [0.15, 0.2) is 0 Å². The quantitative estimate of drug-likeness (QED) is 0.633. The van der Waals surface area contributed by atoms with Gasteiger partial charge >= 0.3 is 0 Å². The second-order valence-electron chi connectivity index (χ2n) is 2.97. The van der Waals surface area contributed by atoms with Crippen LogP contribution in [0.3, 0.4) is 0 Å². The summed E-state index contributed by atoms with van der Waals surface area (Å²) in [7, 11) is 1.79. The maximum Gasteiger partial charge on any atom is 0.236 e. The molecule has 1 aromatic rings. The van der Waals surface area contributed by atoms with E-state index in [-0.39, 0.29) is 6.54 Å². The Labute approximate surface area is 88.3 Å².